The summed E-state index contributed by atoms with van der Waals surface area (Å²) in [6.07, 6.45) is 3.52. The molecule has 7 nitrogen and oxygen atoms in total. The number of nitrogens with one attached hydrogen (secondary N) is 2. The van der Waals surface area contributed by atoms with Crippen LogP contribution in [-0.2, 0) is 27.8 Å². The molecular formula is C20H20N4O3S. The Bertz CT molecular complexity index is 1110. The van der Waals surface area contributed by atoms with E-state index >= 15 is 0 Å². The van der Waals surface area contributed by atoms with Gasteiger partial charge < -0.3 is 5.32 Å². The minimum atomic E-state index is -3.77. The number of aryl methyl sites for hydroxylation is 1. The molecule has 0 unspecified atom stereocenters. The van der Waals surface area contributed by atoms with Gasteiger partial charge in [0.1, 0.15) is 0 Å². The summed E-state index contributed by atoms with van der Waals surface area (Å²) in [5.74, 6) is 0.218. The lowest BCUT2D eigenvalue weighted by atomic mass is 10.1. The van der Waals surface area contributed by atoms with E-state index in [9.17, 15) is 13.2 Å². The van der Waals surface area contributed by atoms with Crippen molar-refractivity contribution in [3.05, 3.63) is 71.9 Å². The first-order valence-electron chi connectivity index (χ1n) is 9.03. The fraction of sp³-hybridized carbons (Fsp3) is 0.200. The summed E-state index contributed by atoms with van der Waals surface area (Å²) in [7, 11) is -3.77. The Morgan fingerprint density at radius 1 is 1.07 bits per heavy atom. The van der Waals surface area contributed by atoms with Crippen LogP contribution in [-0.4, -0.2) is 24.1 Å². The number of benzene rings is 2. The molecule has 4 rings (SSSR count). The minimum Gasteiger partial charge on any atom is -0.326 e. The Hall–Kier alpha value is -3.13. The molecule has 0 saturated heterocycles. The van der Waals surface area contributed by atoms with Gasteiger partial charge in [0.25, 0.3) is 10.0 Å². The monoisotopic (exact) mass is 396 g/mol. The first kappa shape index (κ1) is 18.2. The molecule has 0 fully saturated rings. The van der Waals surface area contributed by atoms with Crippen molar-refractivity contribution in [1.29, 1.82) is 0 Å². The van der Waals surface area contributed by atoms with Crippen molar-refractivity contribution in [2.45, 2.75) is 30.7 Å². The Morgan fingerprint density at radius 2 is 1.89 bits per heavy atom. The third kappa shape index (κ3) is 4.07. The largest absolute Gasteiger partial charge is 0.326 e. The van der Waals surface area contributed by atoms with E-state index < -0.39 is 10.0 Å². The smallest absolute Gasteiger partial charge is 0.263 e. The summed E-state index contributed by atoms with van der Waals surface area (Å²) < 4.78 is 29.7. The van der Waals surface area contributed by atoms with E-state index in [4.69, 9.17) is 0 Å². The van der Waals surface area contributed by atoms with Crippen LogP contribution in [0.3, 0.4) is 0 Å². The van der Waals surface area contributed by atoms with Gasteiger partial charge in [-0.1, -0.05) is 30.3 Å². The number of carbonyl (C=O) groups is 1. The van der Waals surface area contributed by atoms with Crippen molar-refractivity contribution in [2.75, 3.05) is 10.0 Å². The zero-order chi connectivity index (χ0) is 19.6. The molecule has 0 spiro atoms. The highest BCUT2D eigenvalue weighted by Crippen LogP contribution is 2.26. The van der Waals surface area contributed by atoms with Crippen molar-refractivity contribution in [3.63, 3.8) is 0 Å². The molecule has 2 aromatic carbocycles. The highest BCUT2D eigenvalue weighted by molar-refractivity contribution is 7.92. The molecule has 1 amide bonds. The van der Waals surface area contributed by atoms with Gasteiger partial charge in [0.15, 0.2) is 5.82 Å². The van der Waals surface area contributed by atoms with Crippen LogP contribution >= 0.6 is 0 Å². The van der Waals surface area contributed by atoms with Gasteiger partial charge in [0.2, 0.25) is 5.91 Å². The topological polar surface area (TPSA) is 93.1 Å². The Labute approximate surface area is 163 Å². The van der Waals surface area contributed by atoms with E-state index in [1.165, 1.54) is 6.07 Å². The molecule has 8 heteroatoms. The summed E-state index contributed by atoms with van der Waals surface area (Å²) in [5.41, 5.74) is 2.57. The molecule has 0 bridgehead atoms. The number of hydrogen-bond donors (Lipinski definition) is 2. The van der Waals surface area contributed by atoms with Crippen LogP contribution in [0.2, 0.25) is 0 Å². The van der Waals surface area contributed by atoms with Crippen molar-refractivity contribution in [3.8, 4) is 0 Å². The molecule has 2 heterocycles. The van der Waals surface area contributed by atoms with Crippen LogP contribution in [0, 0.1) is 0 Å². The lowest BCUT2D eigenvalue weighted by molar-refractivity contribution is -0.116. The fourth-order valence-corrected chi connectivity index (χ4v) is 4.24. The summed E-state index contributed by atoms with van der Waals surface area (Å²) in [6, 6.07) is 16.2. The summed E-state index contributed by atoms with van der Waals surface area (Å²) in [6.45, 7) is 0.557. The molecule has 2 N–H and O–H groups in total. The SMILES string of the molecule is O=C1CCCc2cc(S(=O)(=O)Nc3ccn(Cc4ccccc4)n3)ccc2N1. The Morgan fingerprint density at radius 3 is 2.71 bits per heavy atom. The van der Waals surface area contributed by atoms with Gasteiger partial charge >= 0.3 is 0 Å². The first-order chi connectivity index (χ1) is 13.5. The average Bonchev–Trinajstić information content (AvgIpc) is 3.00. The second-order valence-electron chi connectivity index (χ2n) is 6.71. The highest BCUT2D eigenvalue weighted by Gasteiger charge is 2.19. The molecule has 1 aliphatic rings. The van der Waals surface area contributed by atoms with Gasteiger partial charge in [-0.2, -0.15) is 5.10 Å². The number of aromatic nitrogens is 2. The highest BCUT2D eigenvalue weighted by atomic mass is 32.2. The lowest BCUT2D eigenvalue weighted by Gasteiger charge is -2.10. The van der Waals surface area contributed by atoms with Crippen LogP contribution < -0.4 is 10.0 Å². The van der Waals surface area contributed by atoms with Crippen molar-refractivity contribution < 1.29 is 13.2 Å². The van der Waals surface area contributed by atoms with E-state index in [1.807, 2.05) is 30.3 Å². The molecule has 0 saturated carbocycles. The molecule has 0 atom stereocenters. The Balaban J connectivity index is 1.52. The number of fused-ring (bicyclic) bond motifs is 1. The zero-order valence-electron chi connectivity index (χ0n) is 15.1. The number of amides is 1. The number of nitrogens with zero attached hydrogens (tertiary/aromatic N) is 2. The number of carbonyl (C=O) groups excluding carboxylic acids is 1. The maximum atomic E-state index is 12.8. The lowest BCUT2D eigenvalue weighted by Crippen LogP contribution is -2.15. The van der Waals surface area contributed by atoms with E-state index in [0.717, 1.165) is 11.1 Å². The molecule has 0 aliphatic carbocycles. The molecule has 1 aliphatic heterocycles. The van der Waals surface area contributed by atoms with Crippen molar-refractivity contribution >= 4 is 27.4 Å². The van der Waals surface area contributed by atoms with Crippen LogP contribution in [0.25, 0.3) is 0 Å². The number of sulfonamides is 1. The quantitative estimate of drug-likeness (QED) is 0.693. The number of hydrogen-bond acceptors (Lipinski definition) is 4. The third-order valence-electron chi connectivity index (χ3n) is 4.58. The predicted molar refractivity (Wildman–Crippen MR) is 107 cm³/mol. The normalized spacial score (nSPS) is 14.1. The second kappa shape index (κ2) is 7.47. The van der Waals surface area contributed by atoms with Gasteiger partial charge in [0.05, 0.1) is 11.4 Å². The van der Waals surface area contributed by atoms with E-state index in [1.54, 1.807) is 29.1 Å². The molecule has 1 aromatic heterocycles. The maximum absolute atomic E-state index is 12.8. The minimum absolute atomic E-state index is 0.0450. The van der Waals surface area contributed by atoms with E-state index in [-0.39, 0.29) is 16.6 Å². The molecule has 28 heavy (non-hydrogen) atoms. The van der Waals surface area contributed by atoms with Gasteiger partial charge in [-0.3, -0.25) is 14.2 Å². The average molecular weight is 396 g/mol. The molecule has 0 radical (unpaired) electrons. The molecular weight excluding hydrogens is 376 g/mol. The summed E-state index contributed by atoms with van der Waals surface area (Å²) >= 11 is 0. The second-order valence-corrected chi connectivity index (χ2v) is 8.39. The Kier molecular flexibility index (Phi) is 4.87. The number of anilines is 2. The van der Waals surface area contributed by atoms with Gasteiger partial charge in [-0.25, -0.2) is 8.42 Å². The van der Waals surface area contributed by atoms with Gasteiger partial charge in [-0.05, 0) is 42.2 Å². The van der Waals surface area contributed by atoms with Gasteiger partial charge in [-0.15, -0.1) is 0 Å². The van der Waals surface area contributed by atoms with E-state index in [2.05, 4.69) is 15.1 Å². The van der Waals surface area contributed by atoms with Crippen LogP contribution in [0.5, 0.6) is 0 Å². The fourth-order valence-electron chi connectivity index (χ4n) is 3.19. The van der Waals surface area contributed by atoms with Crippen LogP contribution in [0.4, 0.5) is 11.5 Å². The van der Waals surface area contributed by atoms with Crippen molar-refractivity contribution in [2.24, 2.45) is 0 Å². The molecule has 3 aromatic rings. The maximum Gasteiger partial charge on any atom is 0.263 e. The van der Waals surface area contributed by atoms with Crippen molar-refractivity contribution in [1.82, 2.24) is 9.78 Å². The summed E-state index contributed by atoms with van der Waals surface area (Å²) in [4.78, 5) is 11.8. The number of rotatable bonds is 5. The van der Waals surface area contributed by atoms with Gasteiger partial charge in [0, 0.05) is 24.4 Å². The van der Waals surface area contributed by atoms with Crippen LogP contribution in [0.1, 0.15) is 24.0 Å². The van der Waals surface area contributed by atoms with E-state index in [0.29, 0.717) is 31.5 Å². The first-order valence-corrected chi connectivity index (χ1v) is 10.5. The predicted octanol–water partition coefficient (Wildman–Crippen LogP) is 3.01. The van der Waals surface area contributed by atoms with Crippen LogP contribution in [0.15, 0.2) is 65.7 Å². The molecule has 144 valence electrons. The summed E-state index contributed by atoms with van der Waals surface area (Å²) in [5, 5.41) is 7.11. The third-order valence-corrected chi connectivity index (χ3v) is 5.93. The zero-order valence-corrected chi connectivity index (χ0v) is 15.9. The standard InChI is InChI=1S/C20H20N4O3S/c25-20-8-4-7-16-13-17(9-10-18(16)21-20)28(26,27)23-19-11-12-24(22-19)14-15-5-2-1-3-6-15/h1-3,5-6,9-13H,4,7-8,14H2,(H,21,25)(H,22,23).